The van der Waals surface area contributed by atoms with E-state index in [9.17, 15) is 10.1 Å². The van der Waals surface area contributed by atoms with Crippen LogP contribution in [0.25, 0.3) is 11.1 Å². The Labute approximate surface area is 153 Å². The summed E-state index contributed by atoms with van der Waals surface area (Å²) in [6.45, 7) is 6.09. The van der Waals surface area contributed by atoms with Gasteiger partial charge in [0.2, 0.25) is 0 Å². The van der Waals surface area contributed by atoms with Crippen molar-refractivity contribution >= 4 is 6.09 Å². The van der Waals surface area contributed by atoms with Gasteiger partial charge in [0.25, 0.3) is 0 Å². The summed E-state index contributed by atoms with van der Waals surface area (Å²) in [4.78, 5) is 15.2. The third-order valence-electron chi connectivity index (χ3n) is 3.77. The first kappa shape index (κ1) is 19.3. The number of nitrogens with two attached hydrogens (primary N) is 1. The lowest BCUT2D eigenvalue weighted by Crippen LogP contribution is -2.29. The maximum atomic E-state index is 11.0. The van der Waals surface area contributed by atoms with Crippen LogP contribution in [0.1, 0.15) is 31.5 Å². The Hall–Kier alpha value is -3.07. The molecule has 0 fully saturated rings. The first-order chi connectivity index (χ1) is 12.4. The highest BCUT2D eigenvalue weighted by atomic mass is 16.6. The van der Waals surface area contributed by atoms with E-state index >= 15 is 0 Å². The number of pyridine rings is 1. The number of hydrogen-bond acceptors (Lipinski definition) is 5. The largest absolute Gasteiger partial charge is 0.488 e. The molecule has 2 aromatic rings. The quantitative estimate of drug-likeness (QED) is 0.816. The second kappa shape index (κ2) is 8.86. The summed E-state index contributed by atoms with van der Waals surface area (Å²) < 4.78 is 10.8. The molecule has 0 bridgehead atoms. The number of amides is 1. The zero-order valence-electron chi connectivity index (χ0n) is 15.2. The van der Waals surface area contributed by atoms with Gasteiger partial charge in [-0.3, -0.25) is 4.98 Å². The monoisotopic (exact) mass is 353 g/mol. The molecule has 136 valence electrons. The smallest absolute Gasteiger partial charge is 0.404 e. The number of carbonyl (C=O) groups is 1. The third kappa shape index (κ3) is 5.49. The van der Waals surface area contributed by atoms with Crippen LogP contribution in [0.4, 0.5) is 4.79 Å². The van der Waals surface area contributed by atoms with Crippen molar-refractivity contribution in [3.8, 4) is 22.9 Å². The summed E-state index contributed by atoms with van der Waals surface area (Å²) in [6, 6.07) is 11.4. The molecule has 0 saturated carbocycles. The SMILES string of the molecule is Cc1cc(-c2ccc(OC[C@H](CC(C)C)OC(N)=O)c(C#N)c2)ccn1. The second-order valence-corrected chi connectivity index (χ2v) is 6.51. The molecule has 0 aliphatic heterocycles. The van der Waals surface area contributed by atoms with Crippen LogP contribution in [-0.2, 0) is 4.74 Å². The summed E-state index contributed by atoms with van der Waals surface area (Å²) in [7, 11) is 0. The summed E-state index contributed by atoms with van der Waals surface area (Å²) >= 11 is 0. The normalized spacial score (nSPS) is 11.7. The first-order valence-corrected chi connectivity index (χ1v) is 8.45. The molecule has 1 amide bonds. The average Bonchev–Trinajstić information content (AvgIpc) is 2.58. The predicted molar refractivity (Wildman–Crippen MR) is 98.5 cm³/mol. The number of rotatable bonds is 7. The van der Waals surface area contributed by atoms with E-state index in [1.54, 1.807) is 18.3 Å². The Kier molecular flexibility index (Phi) is 6.56. The number of hydrogen-bond donors (Lipinski definition) is 1. The Bertz CT molecular complexity index is 812. The highest BCUT2D eigenvalue weighted by Crippen LogP contribution is 2.27. The standard InChI is InChI=1S/C20H23N3O3/c1-13(2)8-18(26-20(22)24)12-25-19-5-4-15(10-17(19)11-21)16-6-7-23-14(3)9-16/h4-7,9-10,13,18H,8,12H2,1-3H3,(H2,22,24)/t18-/m0/s1. The molecule has 1 aromatic heterocycles. The fraction of sp³-hybridized carbons (Fsp3) is 0.350. The summed E-state index contributed by atoms with van der Waals surface area (Å²) in [5.74, 6) is 0.763. The summed E-state index contributed by atoms with van der Waals surface area (Å²) in [6.07, 6.45) is 1.07. The molecule has 6 heteroatoms. The van der Waals surface area contributed by atoms with Crippen molar-refractivity contribution in [2.24, 2.45) is 11.7 Å². The van der Waals surface area contributed by atoms with Gasteiger partial charge in [-0.05, 0) is 54.7 Å². The lowest BCUT2D eigenvalue weighted by Gasteiger charge is -2.19. The molecule has 1 heterocycles. The Balaban J connectivity index is 2.16. The van der Waals surface area contributed by atoms with E-state index in [0.29, 0.717) is 23.7 Å². The van der Waals surface area contributed by atoms with Gasteiger partial charge in [-0.25, -0.2) is 4.79 Å². The van der Waals surface area contributed by atoms with Gasteiger partial charge in [-0.15, -0.1) is 0 Å². The van der Waals surface area contributed by atoms with Gasteiger partial charge in [0.05, 0.1) is 5.56 Å². The minimum atomic E-state index is -0.830. The van der Waals surface area contributed by atoms with Gasteiger partial charge >= 0.3 is 6.09 Å². The number of benzene rings is 1. The number of primary amides is 1. The number of carbonyl (C=O) groups excluding carboxylic acids is 1. The molecule has 0 spiro atoms. The Morgan fingerprint density at radius 1 is 1.27 bits per heavy atom. The van der Waals surface area contributed by atoms with Crippen molar-refractivity contribution < 1.29 is 14.3 Å². The lowest BCUT2D eigenvalue weighted by atomic mass is 10.0. The van der Waals surface area contributed by atoms with E-state index in [1.807, 2.05) is 39.0 Å². The third-order valence-corrected chi connectivity index (χ3v) is 3.77. The maximum absolute atomic E-state index is 11.0. The van der Waals surface area contributed by atoms with Crippen molar-refractivity contribution in [1.29, 1.82) is 5.26 Å². The zero-order chi connectivity index (χ0) is 19.1. The highest BCUT2D eigenvalue weighted by molar-refractivity contribution is 5.67. The number of aromatic nitrogens is 1. The number of aryl methyl sites for hydroxylation is 1. The van der Waals surface area contributed by atoms with Crippen LogP contribution in [0.5, 0.6) is 5.75 Å². The molecule has 2 N–H and O–H groups in total. The zero-order valence-corrected chi connectivity index (χ0v) is 15.2. The molecular formula is C20H23N3O3. The fourth-order valence-corrected chi connectivity index (χ4v) is 2.67. The van der Waals surface area contributed by atoms with E-state index in [4.69, 9.17) is 15.2 Å². The molecule has 2 rings (SSSR count). The molecule has 0 radical (unpaired) electrons. The Morgan fingerprint density at radius 3 is 2.62 bits per heavy atom. The van der Waals surface area contributed by atoms with Crippen molar-refractivity contribution in [2.45, 2.75) is 33.3 Å². The molecular weight excluding hydrogens is 330 g/mol. The van der Waals surface area contributed by atoms with E-state index in [0.717, 1.165) is 16.8 Å². The van der Waals surface area contributed by atoms with Crippen LogP contribution in [0.3, 0.4) is 0 Å². The topological polar surface area (TPSA) is 98.2 Å². The summed E-state index contributed by atoms with van der Waals surface area (Å²) in [5.41, 5.74) is 8.33. The molecule has 0 aliphatic carbocycles. The summed E-state index contributed by atoms with van der Waals surface area (Å²) in [5, 5.41) is 9.45. The van der Waals surface area contributed by atoms with E-state index in [2.05, 4.69) is 11.1 Å². The van der Waals surface area contributed by atoms with Gasteiger partial charge in [-0.2, -0.15) is 5.26 Å². The first-order valence-electron chi connectivity index (χ1n) is 8.45. The molecule has 0 saturated heterocycles. The van der Waals surface area contributed by atoms with Crippen molar-refractivity contribution in [3.05, 3.63) is 47.8 Å². The van der Waals surface area contributed by atoms with E-state index in [-0.39, 0.29) is 6.61 Å². The molecule has 26 heavy (non-hydrogen) atoms. The minimum absolute atomic E-state index is 0.142. The second-order valence-electron chi connectivity index (χ2n) is 6.51. The van der Waals surface area contributed by atoms with Crippen LogP contribution in [-0.4, -0.2) is 23.8 Å². The fourth-order valence-electron chi connectivity index (χ4n) is 2.67. The number of ether oxygens (including phenoxy) is 2. The van der Waals surface area contributed by atoms with Gasteiger partial charge in [-0.1, -0.05) is 19.9 Å². The number of nitriles is 1. The maximum Gasteiger partial charge on any atom is 0.404 e. The highest BCUT2D eigenvalue weighted by Gasteiger charge is 2.17. The molecule has 1 atom stereocenters. The van der Waals surface area contributed by atoms with Crippen LogP contribution < -0.4 is 10.5 Å². The van der Waals surface area contributed by atoms with Gasteiger partial charge in [0, 0.05) is 11.9 Å². The van der Waals surface area contributed by atoms with Crippen molar-refractivity contribution in [2.75, 3.05) is 6.61 Å². The minimum Gasteiger partial charge on any atom is -0.488 e. The molecule has 0 unspecified atom stereocenters. The number of nitrogens with zero attached hydrogens (tertiary/aromatic N) is 2. The predicted octanol–water partition coefficient (Wildman–Crippen LogP) is 3.82. The lowest BCUT2D eigenvalue weighted by molar-refractivity contribution is 0.0590. The molecule has 1 aromatic carbocycles. The van der Waals surface area contributed by atoms with Gasteiger partial charge in [0.1, 0.15) is 24.5 Å². The van der Waals surface area contributed by atoms with Crippen molar-refractivity contribution in [3.63, 3.8) is 0 Å². The van der Waals surface area contributed by atoms with E-state index < -0.39 is 12.2 Å². The van der Waals surface area contributed by atoms with Gasteiger partial charge < -0.3 is 15.2 Å². The van der Waals surface area contributed by atoms with Gasteiger partial charge in [0.15, 0.2) is 0 Å². The molecule has 6 nitrogen and oxygen atoms in total. The van der Waals surface area contributed by atoms with Crippen LogP contribution in [0.15, 0.2) is 36.5 Å². The van der Waals surface area contributed by atoms with Crippen molar-refractivity contribution in [1.82, 2.24) is 4.98 Å². The van der Waals surface area contributed by atoms with Crippen LogP contribution >= 0.6 is 0 Å². The Morgan fingerprint density at radius 2 is 2.00 bits per heavy atom. The van der Waals surface area contributed by atoms with Crippen LogP contribution in [0, 0.1) is 24.2 Å². The van der Waals surface area contributed by atoms with E-state index in [1.165, 1.54) is 0 Å². The van der Waals surface area contributed by atoms with Crippen LogP contribution in [0.2, 0.25) is 0 Å². The molecule has 0 aliphatic rings. The average molecular weight is 353 g/mol.